The molecular weight excluding hydrogens is 450 g/mol. The quantitative estimate of drug-likeness (QED) is 0.300. The van der Waals surface area contributed by atoms with Crippen molar-refractivity contribution in [3.63, 3.8) is 0 Å². The molecule has 0 unspecified atom stereocenters. The van der Waals surface area contributed by atoms with Crippen molar-refractivity contribution >= 4 is 45.5 Å². The molecule has 2 aromatic carbocycles. The number of non-ortho nitro benzene ring substituents is 1. The van der Waals surface area contributed by atoms with Crippen LogP contribution in [0, 0.1) is 17.0 Å². The minimum absolute atomic E-state index is 0.0195. The number of nitro benzene ring substituents is 1. The zero-order valence-electron chi connectivity index (χ0n) is 17.8. The number of nitrogens with one attached hydrogen (secondary N) is 2. The van der Waals surface area contributed by atoms with Gasteiger partial charge in [-0.05, 0) is 30.7 Å². The van der Waals surface area contributed by atoms with Crippen molar-refractivity contribution in [2.45, 2.75) is 6.92 Å². The number of esters is 1. The van der Waals surface area contributed by atoms with E-state index in [2.05, 4.69) is 10.6 Å². The normalized spacial score (nSPS) is 10.3. The van der Waals surface area contributed by atoms with Crippen LogP contribution in [0.15, 0.2) is 48.5 Å². The van der Waals surface area contributed by atoms with Gasteiger partial charge in [0.25, 0.3) is 17.5 Å². The molecule has 2 N–H and O–H groups in total. The van der Waals surface area contributed by atoms with Gasteiger partial charge in [0.05, 0.1) is 35.3 Å². The van der Waals surface area contributed by atoms with Crippen molar-refractivity contribution in [3.05, 3.63) is 80.2 Å². The number of amides is 2. The molecule has 0 bridgehead atoms. The number of para-hydroxylation sites is 2. The fraction of sp³-hybridized carbons (Fsp3) is 0.136. The van der Waals surface area contributed by atoms with Crippen LogP contribution in [-0.4, -0.2) is 36.9 Å². The fourth-order valence-corrected chi connectivity index (χ4v) is 4.11. The number of methoxy groups -OCH3 is 2. The van der Waals surface area contributed by atoms with E-state index in [0.29, 0.717) is 17.0 Å². The number of ether oxygens (including phenoxy) is 2. The number of hydrogen-bond donors (Lipinski definition) is 2. The summed E-state index contributed by atoms with van der Waals surface area (Å²) in [5, 5.41) is 16.4. The monoisotopic (exact) mass is 469 g/mol. The van der Waals surface area contributed by atoms with Crippen LogP contribution in [0.5, 0.6) is 5.75 Å². The molecule has 11 heteroatoms. The number of benzene rings is 2. The molecule has 0 saturated heterocycles. The zero-order valence-corrected chi connectivity index (χ0v) is 18.6. The SMILES string of the molecule is COC(=O)c1c(NC(=O)c2cccc([N+](=O)[O-])c2)sc(C(=O)Nc2ccccc2OC)c1C. The molecule has 0 saturated carbocycles. The summed E-state index contributed by atoms with van der Waals surface area (Å²) in [6.07, 6.45) is 0. The van der Waals surface area contributed by atoms with E-state index in [0.717, 1.165) is 17.4 Å². The number of carbonyl (C=O) groups excluding carboxylic acids is 3. The first-order valence-electron chi connectivity index (χ1n) is 9.48. The lowest BCUT2D eigenvalue weighted by Gasteiger charge is -2.09. The maximum Gasteiger partial charge on any atom is 0.341 e. The van der Waals surface area contributed by atoms with Crippen molar-refractivity contribution in [3.8, 4) is 5.75 Å². The summed E-state index contributed by atoms with van der Waals surface area (Å²) in [4.78, 5) is 48.6. The molecule has 170 valence electrons. The third-order valence-corrected chi connectivity index (χ3v) is 5.85. The second-order valence-corrected chi connectivity index (χ2v) is 7.69. The predicted octanol–water partition coefficient (Wildman–Crippen LogP) is 4.26. The predicted molar refractivity (Wildman–Crippen MR) is 122 cm³/mol. The van der Waals surface area contributed by atoms with Crippen molar-refractivity contribution in [2.24, 2.45) is 0 Å². The van der Waals surface area contributed by atoms with Gasteiger partial charge < -0.3 is 20.1 Å². The Bertz CT molecular complexity index is 1250. The summed E-state index contributed by atoms with van der Waals surface area (Å²) >= 11 is 0.885. The summed E-state index contributed by atoms with van der Waals surface area (Å²) in [5.41, 5.74) is 0.529. The molecule has 0 fully saturated rings. The molecule has 2 amide bonds. The first-order chi connectivity index (χ1) is 15.8. The number of rotatable bonds is 7. The van der Waals surface area contributed by atoms with Gasteiger partial charge in [-0.1, -0.05) is 18.2 Å². The fourth-order valence-electron chi connectivity index (χ4n) is 3.03. The lowest BCUT2D eigenvalue weighted by molar-refractivity contribution is -0.384. The summed E-state index contributed by atoms with van der Waals surface area (Å²) in [5.74, 6) is -1.48. The summed E-state index contributed by atoms with van der Waals surface area (Å²) in [6, 6.07) is 12.0. The molecule has 0 spiro atoms. The van der Waals surface area contributed by atoms with Gasteiger partial charge in [-0.15, -0.1) is 11.3 Å². The third-order valence-electron chi connectivity index (χ3n) is 4.64. The topological polar surface area (TPSA) is 137 Å². The molecule has 1 heterocycles. The Balaban J connectivity index is 1.95. The van der Waals surface area contributed by atoms with Crippen molar-refractivity contribution in [1.82, 2.24) is 0 Å². The van der Waals surface area contributed by atoms with E-state index in [9.17, 15) is 24.5 Å². The van der Waals surface area contributed by atoms with E-state index in [-0.39, 0.29) is 26.7 Å². The molecule has 10 nitrogen and oxygen atoms in total. The van der Waals surface area contributed by atoms with Gasteiger partial charge in [0, 0.05) is 17.7 Å². The molecule has 3 aromatic rings. The van der Waals surface area contributed by atoms with Gasteiger partial charge in [0.15, 0.2) is 0 Å². The highest BCUT2D eigenvalue weighted by atomic mass is 32.1. The van der Waals surface area contributed by atoms with Crippen molar-refractivity contribution < 1.29 is 28.8 Å². The van der Waals surface area contributed by atoms with E-state index in [1.54, 1.807) is 31.2 Å². The molecule has 0 aliphatic carbocycles. The van der Waals surface area contributed by atoms with Crippen LogP contribution in [0.4, 0.5) is 16.4 Å². The number of carbonyl (C=O) groups is 3. The molecule has 0 radical (unpaired) electrons. The maximum absolute atomic E-state index is 13.0. The average molecular weight is 469 g/mol. The van der Waals surface area contributed by atoms with E-state index < -0.39 is 22.7 Å². The third kappa shape index (κ3) is 4.99. The van der Waals surface area contributed by atoms with Crippen molar-refractivity contribution in [2.75, 3.05) is 24.9 Å². The molecule has 0 aliphatic rings. The van der Waals surface area contributed by atoms with Crippen molar-refractivity contribution in [1.29, 1.82) is 0 Å². The molecular formula is C22H19N3O7S. The Labute approximate surface area is 192 Å². The van der Waals surface area contributed by atoms with Crippen LogP contribution in [0.25, 0.3) is 0 Å². The molecule has 0 aliphatic heterocycles. The smallest absolute Gasteiger partial charge is 0.341 e. The van der Waals surface area contributed by atoms with Gasteiger partial charge in [0.1, 0.15) is 10.8 Å². The second-order valence-electron chi connectivity index (χ2n) is 6.67. The molecule has 33 heavy (non-hydrogen) atoms. The molecule has 0 atom stereocenters. The summed E-state index contributed by atoms with van der Waals surface area (Å²) < 4.78 is 10.1. The van der Waals surface area contributed by atoms with Crippen LogP contribution >= 0.6 is 11.3 Å². The van der Waals surface area contributed by atoms with Gasteiger partial charge in [0.2, 0.25) is 0 Å². The van der Waals surface area contributed by atoms with Gasteiger partial charge in [-0.2, -0.15) is 0 Å². The number of anilines is 2. The van der Waals surface area contributed by atoms with Gasteiger partial charge in [-0.3, -0.25) is 19.7 Å². The second kappa shape index (κ2) is 9.92. The Morgan fingerprint density at radius 2 is 1.73 bits per heavy atom. The first-order valence-corrected chi connectivity index (χ1v) is 10.3. The number of nitrogens with zero attached hydrogens (tertiary/aromatic N) is 1. The van der Waals surface area contributed by atoms with E-state index in [4.69, 9.17) is 9.47 Å². The lowest BCUT2D eigenvalue weighted by Crippen LogP contribution is -2.14. The summed E-state index contributed by atoms with van der Waals surface area (Å²) in [6.45, 7) is 1.56. The molecule has 3 rings (SSSR count). The standard InChI is InChI=1S/C22H19N3O7S/c1-12-17(22(28)32-3)21(24-19(26)13-7-6-8-14(11-13)25(29)30)33-18(12)20(27)23-15-9-4-5-10-16(15)31-2/h4-11H,1-3H3,(H,23,27)(H,24,26). The average Bonchev–Trinajstić information content (AvgIpc) is 3.14. The van der Waals surface area contributed by atoms with Crippen LogP contribution in [0.3, 0.4) is 0 Å². The Hall–Kier alpha value is -4.25. The lowest BCUT2D eigenvalue weighted by atomic mass is 10.1. The number of nitro groups is 1. The van der Waals surface area contributed by atoms with Crippen LogP contribution in [0.2, 0.25) is 0 Å². The van der Waals surface area contributed by atoms with E-state index in [1.165, 1.54) is 32.4 Å². The maximum atomic E-state index is 13.0. The highest BCUT2D eigenvalue weighted by molar-refractivity contribution is 7.19. The number of hydrogen-bond acceptors (Lipinski definition) is 8. The largest absolute Gasteiger partial charge is 0.495 e. The minimum atomic E-state index is -0.741. The first kappa shape index (κ1) is 23.4. The zero-order chi connectivity index (χ0) is 24.1. The Morgan fingerprint density at radius 3 is 2.39 bits per heavy atom. The number of thiophene rings is 1. The van der Waals surface area contributed by atoms with Crippen LogP contribution < -0.4 is 15.4 Å². The highest BCUT2D eigenvalue weighted by Gasteiger charge is 2.27. The van der Waals surface area contributed by atoms with E-state index in [1.807, 2.05) is 0 Å². The Morgan fingerprint density at radius 1 is 1.00 bits per heavy atom. The summed E-state index contributed by atoms with van der Waals surface area (Å²) in [7, 11) is 2.65. The van der Waals surface area contributed by atoms with Gasteiger partial charge in [-0.25, -0.2) is 4.79 Å². The van der Waals surface area contributed by atoms with Crippen LogP contribution in [-0.2, 0) is 4.74 Å². The minimum Gasteiger partial charge on any atom is -0.495 e. The van der Waals surface area contributed by atoms with Gasteiger partial charge >= 0.3 is 5.97 Å². The van der Waals surface area contributed by atoms with E-state index >= 15 is 0 Å². The molecule has 1 aromatic heterocycles. The Kier molecular flexibility index (Phi) is 7.04. The van der Waals surface area contributed by atoms with Crippen LogP contribution in [0.1, 0.15) is 36.0 Å². The highest BCUT2D eigenvalue weighted by Crippen LogP contribution is 2.35.